The van der Waals surface area contributed by atoms with Crippen LogP contribution in [0.4, 0.5) is 11.4 Å². The molecule has 1 aliphatic rings. The van der Waals surface area contributed by atoms with E-state index in [1.165, 1.54) is 4.90 Å². The van der Waals surface area contributed by atoms with Crippen molar-refractivity contribution in [2.75, 3.05) is 23.8 Å². The predicted molar refractivity (Wildman–Crippen MR) is 104 cm³/mol. The molecule has 0 fully saturated rings. The van der Waals surface area contributed by atoms with Gasteiger partial charge in [-0.25, -0.2) is 0 Å². The Hall–Kier alpha value is -2.12. The molecule has 1 aromatic rings. The number of carbonyl (C=O) groups excluding carboxylic acids is 3. The van der Waals surface area contributed by atoms with Crippen LogP contribution in [-0.4, -0.2) is 48.3 Å². The van der Waals surface area contributed by atoms with Gasteiger partial charge in [-0.3, -0.25) is 14.4 Å². The Kier molecular flexibility index (Phi) is 8.05. The van der Waals surface area contributed by atoms with E-state index in [9.17, 15) is 14.4 Å². The molecule has 1 heterocycles. The lowest BCUT2D eigenvalue weighted by Gasteiger charge is -2.30. The quantitative estimate of drug-likeness (QED) is 0.811. The van der Waals surface area contributed by atoms with Crippen LogP contribution in [0, 0.1) is 0 Å². The number of nitrogens with zero attached hydrogens (tertiary/aromatic N) is 2. The van der Waals surface area contributed by atoms with Gasteiger partial charge in [-0.15, -0.1) is 12.4 Å². The second-order valence-electron chi connectivity index (χ2n) is 6.47. The number of hydrogen-bond acceptors (Lipinski definition) is 4. The smallest absolute Gasteiger partial charge is 0.246 e. The van der Waals surface area contributed by atoms with Gasteiger partial charge in [-0.1, -0.05) is 25.5 Å². The van der Waals surface area contributed by atoms with E-state index in [2.05, 4.69) is 5.32 Å². The molecule has 0 aromatic heterocycles. The Morgan fingerprint density at radius 3 is 2.69 bits per heavy atom. The summed E-state index contributed by atoms with van der Waals surface area (Å²) in [6, 6.07) is 6.27. The average Bonchev–Trinajstić information content (AvgIpc) is 2.68. The van der Waals surface area contributed by atoms with Gasteiger partial charge in [0.2, 0.25) is 17.7 Å². The van der Waals surface area contributed by atoms with Crippen molar-refractivity contribution in [3.8, 4) is 0 Å². The fraction of sp³-hybridized carbons (Fsp3) is 0.500. The number of carbonyl (C=O) groups is 3. The van der Waals surface area contributed by atoms with Gasteiger partial charge in [-0.05, 0) is 25.5 Å². The van der Waals surface area contributed by atoms with E-state index in [4.69, 9.17) is 5.73 Å². The van der Waals surface area contributed by atoms with Crippen molar-refractivity contribution in [2.24, 2.45) is 5.73 Å². The summed E-state index contributed by atoms with van der Waals surface area (Å²) in [7, 11) is 1.58. The Morgan fingerprint density at radius 1 is 1.38 bits per heavy atom. The van der Waals surface area contributed by atoms with Crippen molar-refractivity contribution in [1.29, 1.82) is 0 Å². The van der Waals surface area contributed by atoms with Crippen LogP contribution < -0.4 is 16.0 Å². The first-order valence-corrected chi connectivity index (χ1v) is 8.56. The molecule has 26 heavy (non-hydrogen) atoms. The van der Waals surface area contributed by atoms with E-state index in [-0.39, 0.29) is 49.1 Å². The summed E-state index contributed by atoms with van der Waals surface area (Å²) in [5, 5.41) is 2.82. The molecule has 2 unspecified atom stereocenters. The molecule has 2 atom stereocenters. The van der Waals surface area contributed by atoms with Crippen LogP contribution in [0.5, 0.6) is 0 Å². The van der Waals surface area contributed by atoms with Gasteiger partial charge >= 0.3 is 0 Å². The SMILES string of the molecule is CCCC(N)C(=O)N(C)CC(=O)N1c2ccccc2NC(=O)CC1C.Cl. The molecule has 0 aliphatic carbocycles. The standard InChI is InChI=1S/C18H26N4O3.ClH/c1-4-7-13(19)18(25)21(3)11-17(24)22-12(2)10-16(23)20-14-8-5-6-9-15(14)22;/h5-6,8-9,12-13H,4,7,10-11,19H2,1-3H3,(H,20,23);1H. The molecule has 0 bridgehead atoms. The highest BCUT2D eigenvalue weighted by Crippen LogP contribution is 2.31. The number of fused-ring (bicyclic) bond motifs is 1. The normalized spacial score (nSPS) is 17.3. The number of hydrogen-bond donors (Lipinski definition) is 2. The Morgan fingerprint density at radius 2 is 2.04 bits per heavy atom. The molecular formula is C18H27ClN4O3. The van der Waals surface area contributed by atoms with Crippen LogP contribution in [0.15, 0.2) is 24.3 Å². The molecule has 2 rings (SSSR count). The number of nitrogens with one attached hydrogen (secondary N) is 1. The minimum atomic E-state index is -0.597. The molecule has 144 valence electrons. The van der Waals surface area contributed by atoms with Gasteiger partial charge in [0.1, 0.15) is 0 Å². The second-order valence-corrected chi connectivity index (χ2v) is 6.47. The summed E-state index contributed by atoms with van der Waals surface area (Å²) < 4.78 is 0. The molecule has 1 aliphatic heterocycles. The lowest BCUT2D eigenvalue weighted by molar-refractivity contribution is -0.135. The van der Waals surface area contributed by atoms with Gasteiger partial charge in [-0.2, -0.15) is 0 Å². The topological polar surface area (TPSA) is 95.7 Å². The van der Waals surface area contributed by atoms with E-state index in [1.54, 1.807) is 30.1 Å². The third kappa shape index (κ3) is 4.95. The maximum absolute atomic E-state index is 12.9. The molecule has 8 heteroatoms. The number of nitrogens with two attached hydrogens (primary N) is 1. The van der Waals surface area contributed by atoms with Gasteiger partial charge in [0, 0.05) is 19.5 Å². The van der Waals surface area contributed by atoms with Gasteiger partial charge in [0.15, 0.2) is 0 Å². The number of halogens is 1. The fourth-order valence-corrected chi connectivity index (χ4v) is 3.04. The molecule has 7 nitrogen and oxygen atoms in total. The summed E-state index contributed by atoms with van der Waals surface area (Å²) in [6.45, 7) is 3.70. The summed E-state index contributed by atoms with van der Waals surface area (Å²) in [4.78, 5) is 40.1. The zero-order valence-corrected chi connectivity index (χ0v) is 16.2. The third-order valence-corrected chi connectivity index (χ3v) is 4.29. The van der Waals surface area contributed by atoms with Crippen LogP contribution in [-0.2, 0) is 14.4 Å². The van der Waals surface area contributed by atoms with Crippen LogP contribution in [0.3, 0.4) is 0 Å². The van der Waals surface area contributed by atoms with Crippen molar-refractivity contribution in [1.82, 2.24) is 4.90 Å². The lowest BCUT2D eigenvalue weighted by atomic mass is 10.1. The number of para-hydroxylation sites is 2. The zero-order valence-electron chi connectivity index (χ0n) is 15.4. The van der Waals surface area contributed by atoms with Crippen molar-refractivity contribution in [3.05, 3.63) is 24.3 Å². The molecular weight excluding hydrogens is 356 g/mol. The second kappa shape index (κ2) is 9.54. The first kappa shape index (κ1) is 21.9. The summed E-state index contributed by atoms with van der Waals surface area (Å²) in [5.41, 5.74) is 7.10. The van der Waals surface area contributed by atoms with Gasteiger partial charge in [0.25, 0.3) is 0 Å². The zero-order chi connectivity index (χ0) is 18.6. The Bertz CT molecular complexity index is 668. The van der Waals surface area contributed by atoms with Crippen molar-refractivity contribution < 1.29 is 14.4 Å². The maximum Gasteiger partial charge on any atom is 0.246 e. The summed E-state index contributed by atoms with van der Waals surface area (Å²) in [6.07, 6.45) is 1.59. The Labute approximate surface area is 160 Å². The van der Waals surface area contributed by atoms with Crippen LogP contribution >= 0.6 is 12.4 Å². The third-order valence-electron chi connectivity index (χ3n) is 4.29. The predicted octanol–water partition coefficient (Wildman–Crippen LogP) is 1.76. The molecule has 3 N–H and O–H groups in total. The van der Waals surface area contributed by atoms with Gasteiger partial charge < -0.3 is 20.9 Å². The molecule has 0 saturated carbocycles. The van der Waals surface area contributed by atoms with Crippen LogP contribution in [0.2, 0.25) is 0 Å². The van der Waals surface area contributed by atoms with E-state index >= 15 is 0 Å². The van der Waals surface area contributed by atoms with Crippen molar-refractivity contribution in [3.63, 3.8) is 0 Å². The molecule has 0 radical (unpaired) electrons. The van der Waals surface area contributed by atoms with Crippen molar-refractivity contribution in [2.45, 2.75) is 45.2 Å². The minimum absolute atomic E-state index is 0. The highest BCUT2D eigenvalue weighted by Gasteiger charge is 2.31. The highest BCUT2D eigenvalue weighted by atomic mass is 35.5. The van der Waals surface area contributed by atoms with E-state index < -0.39 is 6.04 Å². The van der Waals surface area contributed by atoms with Crippen LogP contribution in [0.25, 0.3) is 0 Å². The maximum atomic E-state index is 12.9. The van der Waals surface area contributed by atoms with Crippen molar-refractivity contribution >= 4 is 41.5 Å². The summed E-state index contributed by atoms with van der Waals surface area (Å²) >= 11 is 0. The van der Waals surface area contributed by atoms with Crippen LogP contribution in [0.1, 0.15) is 33.1 Å². The largest absolute Gasteiger partial charge is 0.335 e. The monoisotopic (exact) mass is 382 g/mol. The number of benzene rings is 1. The van der Waals surface area contributed by atoms with E-state index in [0.717, 1.165) is 6.42 Å². The number of likely N-dealkylation sites (N-methyl/N-ethyl adjacent to an activating group) is 1. The number of amides is 3. The molecule has 1 aromatic carbocycles. The van der Waals surface area contributed by atoms with E-state index in [0.29, 0.717) is 17.8 Å². The molecule has 0 spiro atoms. The highest BCUT2D eigenvalue weighted by molar-refractivity contribution is 6.05. The molecule has 3 amide bonds. The van der Waals surface area contributed by atoms with E-state index in [1.807, 2.05) is 19.9 Å². The number of anilines is 2. The average molecular weight is 383 g/mol. The first-order chi connectivity index (χ1) is 11.8. The molecule has 0 saturated heterocycles. The number of rotatable bonds is 5. The lowest BCUT2D eigenvalue weighted by Crippen LogP contribution is -2.49. The Balaban J connectivity index is 0.00000338. The van der Waals surface area contributed by atoms with Gasteiger partial charge in [0.05, 0.1) is 24.0 Å². The first-order valence-electron chi connectivity index (χ1n) is 8.56. The fourth-order valence-electron chi connectivity index (χ4n) is 3.04. The minimum Gasteiger partial charge on any atom is -0.335 e. The summed E-state index contributed by atoms with van der Waals surface area (Å²) in [5.74, 6) is -0.624.